The Kier molecular flexibility index (Phi) is 4.21. The highest BCUT2D eigenvalue weighted by Crippen LogP contribution is 2.18. The minimum Gasteiger partial charge on any atom is -0.314 e. The highest BCUT2D eigenvalue weighted by atomic mass is 32.2. The smallest absolute Gasteiger partial charge is 0.151 e. The number of rotatable bonds is 6. The zero-order valence-electron chi connectivity index (χ0n) is 11.3. The fourth-order valence-corrected chi connectivity index (χ4v) is 2.77. The SMILES string of the molecule is CCS(=O)(=O)CCn1nc(CNC)c2ccccc21. The zero-order chi connectivity index (χ0) is 13.9. The van der Waals surface area contributed by atoms with E-state index in [1.807, 2.05) is 31.3 Å². The molecule has 2 aromatic rings. The van der Waals surface area contributed by atoms with Crippen molar-refractivity contribution in [3.8, 4) is 0 Å². The average molecular weight is 281 g/mol. The summed E-state index contributed by atoms with van der Waals surface area (Å²) in [4.78, 5) is 0. The molecule has 1 aromatic heterocycles. The van der Waals surface area contributed by atoms with Crippen LogP contribution < -0.4 is 5.32 Å². The maximum absolute atomic E-state index is 11.6. The number of nitrogens with one attached hydrogen (secondary N) is 1. The van der Waals surface area contributed by atoms with Crippen LogP contribution in [0.15, 0.2) is 24.3 Å². The monoisotopic (exact) mass is 281 g/mol. The van der Waals surface area contributed by atoms with Gasteiger partial charge in [-0.05, 0) is 13.1 Å². The lowest BCUT2D eigenvalue weighted by Crippen LogP contribution is -2.15. The van der Waals surface area contributed by atoms with Gasteiger partial charge in [-0.25, -0.2) is 8.42 Å². The number of sulfone groups is 1. The summed E-state index contributed by atoms with van der Waals surface area (Å²) in [6.45, 7) is 2.75. The van der Waals surface area contributed by atoms with Gasteiger partial charge in [-0.15, -0.1) is 0 Å². The highest BCUT2D eigenvalue weighted by molar-refractivity contribution is 7.91. The number of fused-ring (bicyclic) bond motifs is 1. The van der Waals surface area contributed by atoms with Gasteiger partial charge in [0.1, 0.15) is 0 Å². The molecule has 19 heavy (non-hydrogen) atoms. The molecule has 0 radical (unpaired) electrons. The topological polar surface area (TPSA) is 64.0 Å². The molecule has 0 unspecified atom stereocenters. The predicted molar refractivity (Wildman–Crippen MR) is 76.8 cm³/mol. The van der Waals surface area contributed by atoms with Crippen molar-refractivity contribution in [3.63, 3.8) is 0 Å². The number of aryl methyl sites for hydroxylation is 1. The quantitative estimate of drug-likeness (QED) is 0.864. The van der Waals surface area contributed by atoms with Crippen molar-refractivity contribution in [1.29, 1.82) is 0 Å². The largest absolute Gasteiger partial charge is 0.314 e. The Morgan fingerprint density at radius 1 is 1.32 bits per heavy atom. The van der Waals surface area contributed by atoms with E-state index in [-0.39, 0.29) is 11.5 Å². The van der Waals surface area contributed by atoms with Gasteiger partial charge < -0.3 is 5.32 Å². The summed E-state index contributed by atoms with van der Waals surface area (Å²) in [5, 5.41) is 8.66. The van der Waals surface area contributed by atoms with Crippen LogP contribution in [0.2, 0.25) is 0 Å². The Hall–Kier alpha value is -1.40. The van der Waals surface area contributed by atoms with Crippen molar-refractivity contribution in [2.24, 2.45) is 0 Å². The molecule has 0 saturated carbocycles. The molecule has 5 nitrogen and oxygen atoms in total. The summed E-state index contributed by atoms with van der Waals surface area (Å²) in [6, 6.07) is 7.90. The Morgan fingerprint density at radius 2 is 2.05 bits per heavy atom. The van der Waals surface area contributed by atoms with Gasteiger partial charge in [-0.3, -0.25) is 4.68 Å². The van der Waals surface area contributed by atoms with Gasteiger partial charge in [-0.2, -0.15) is 5.10 Å². The molecular formula is C13H19N3O2S. The summed E-state index contributed by atoms with van der Waals surface area (Å²) < 4.78 is 25.0. The lowest BCUT2D eigenvalue weighted by atomic mass is 10.2. The van der Waals surface area contributed by atoms with E-state index in [0.717, 1.165) is 16.6 Å². The van der Waals surface area contributed by atoms with Gasteiger partial charge in [0.15, 0.2) is 9.84 Å². The number of benzene rings is 1. The fraction of sp³-hybridized carbons (Fsp3) is 0.462. The third-order valence-electron chi connectivity index (χ3n) is 3.13. The molecule has 1 heterocycles. The lowest BCUT2D eigenvalue weighted by molar-refractivity contribution is 0.583. The lowest BCUT2D eigenvalue weighted by Gasteiger charge is -2.03. The Balaban J connectivity index is 2.33. The van der Waals surface area contributed by atoms with Crippen molar-refractivity contribution in [1.82, 2.24) is 15.1 Å². The first kappa shape index (κ1) is 14.0. The minimum absolute atomic E-state index is 0.133. The molecule has 0 atom stereocenters. The van der Waals surface area contributed by atoms with E-state index in [1.165, 1.54) is 0 Å². The van der Waals surface area contributed by atoms with Crippen molar-refractivity contribution >= 4 is 20.7 Å². The predicted octanol–water partition coefficient (Wildman–Crippen LogP) is 1.19. The Bertz CT molecular complexity index is 662. The number of hydrogen-bond acceptors (Lipinski definition) is 4. The van der Waals surface area contributed by atoms with E-state index in [2.05, 4.69) is 10.4 Å². The molecule has 0 saturated heterocycles. The molecule has 1 aromatic carbocycles. The normalized spacial score (nSPS) is 12.1. The van der Waals surface area contributed by atoms with E-state index >= 15 is 0 Å². The van der Waals surface area contributed by atoms with E-state index < -0.39 is 9.84 Å². The fourth-order valence-electron chi connectivity index (χ4n) is 2.03. The molecular weight excluding hydrogens is 262 g/mol. The Labute approximate surface area is 113 Å². The summed E-state index contributed by atoms with van der Waals surface area (Å²) >= 11 is 0. The third-order valence-corrected chi connectivity index (χ3v) is 4.82. The van der Waals surface area contributed by atoms with Crippen LogP contribution in [-0.4, -0.2) is 36.8 Å². The van der Waals surface area contributed by atoms with E-state index in [9.17, 15) is 8.42 Å². The summed E-state index contributed by atoms with van der Waals surface area (Å²) in [7, 11) is -1.10. The van der Waals surface area contributed by atoms with Crippen molar-refractivity contribution in [2.45, 2.75) is 20.0 Å². The Morgan fingerprint density at radius 3 is 2.74 bits per heavy atom. The molecule has 0 aliphatic carbocycles. The third kappa shape index (κ3) is 3.13. The minimum atomic E-state index is -2.97. The van der Waals surface area contributed by atoms with Gasteiger partial charge >= 0.3 is 0 Å². The molecule has 1 N–H and O–H groups in total. The average Bonchev–Trinajstić information content (AvgIpc) is 2.76. The van der Waals surface area contributed by atoms with E-state index in [0.29, 0.717) is 13.1 Å². The molecule has 2 rings (SSSR count). The van der Waals surface area contributed by atoms with Crippen LogP contribution in [-0.2, 0) is 22.9 Å². The second-order valence-electron chi connectivity index (χ2n) is 4.45. The molecule has 6 heteroatoms. The molecule has 0 spiro atoms. The van der Waals surface area contributed by atoms with Crippen LogP contribution in [0, 0.1) is 0 Å². The van der Waals surface area contributed by atoms with E-state index in [4.69, 9.17) is 0 Å². The standard InChI is InChI=1S/C13H19N3O2S/c1-3-19(17,18)9-8-16-13-7-5-4-6-11(13)12(15-16)10-14-2/h4-7,14H,3,8-10H2,1-2H3. The van der Waals surface area contributed by atoms with Crippen LogP contribution >= 0.6 is 0 Å². The summed E-state index contributed by atoms with van der Waals surface area (Å²) in [5.41, 5.74) is 1.94. The van der Waals surface area contributed by atoms with Crippen LogP contribution in [0.1, 0.15) is 12.6 Å². The van der Waals surface area contributed by atoms with Crippen molar-refractivity contribution < 1.29 is 8.42 Å². The summed E-state index contributed by atoms with van der Waals surface area (Å²) in [6.07, 6.45) is 0. The van der Waals surface area contributed by atoms with Gasteiger partial charge in [0, 0.05) is 17.7 Å². The van der Waals surface area contributed by atoms with Crippen molar-refractivity contribution in [2.75, 3.05) is 18.6 Å². The molecule has 0 amide bonds. The van der Waals surface area contributed by atoms with Crippen LogP contribution in [0.3, 0.4) is 0 Å². The van der Waals surface area contributed by atoms with Gasteiger partial charge in [-0.1, -0.05) is 25.1 Å². The maximum Gasteiger partial charge on any atom is 0.151 e. The highest BCUT2D eigenvalue weighted by Gasteiger charge is 2.12. The van der Waals surface area contributed by atoms with Gasteiger partial charge in [0.25, 0.3) is 0 Å². The van der Waals surface area contributed by atoms with Crippen LogP contribution in [0.5, 0.6) is 0 Å². The number of para-hydroxylation sites is 1. The van der Waals surface area contributed by atoms with Crippen LogP contribution in [0.25, 0.3) is 10.9 Å². The zero-order valence-corrected chi connectivity index (χ0v) is 12.1. The van der Waals surface area contributed by atoms with E-state index in [1.54, 1.807) is 11.6 Å². The second kappa shape index (κ2) is 5.71. The molecule has 104 valence electrons. The molecule has 0 aliphatic heterocycles. The van der Waals surface area contributed by atoms with Crippen LogP contribution in [0.4, 0.5) is 0 Å². The number of nitrogens with zero attached hydrogens (tertiary/aromatic N) is 2. The molecule has 0 aliphatic rings. The first-order valence-electron chi connectivity index (χ1n) is 6.37. The molecule has 0 bridgehead atoms. The first-order valence-corrected chi connectivity index (χ1v) is 8.19. The number of aromatic nitrogens is 2. The summed E-state index contributed by atoms with van der Waals surface area (Å²) in [5.74, 6) is 0.309. The van der Waals surface area contributed by atoms with Crippen molar-refractivity contribution in [3.05, 3.63) is 30.0 Å². The number of hydrogen-bond donors (Lipinski definition) is 1. The second-order valence-corrected chi connectivity index (χ2v) is 6.93. The maximum atomic E-state index is 11.6. The van der Waals surface area contributed by atoms with Gasteiger partial charge in [0.2, 0.25) is 0 Å². The van der Waals surface area contributed by atoms with Gasteiger partial charge in [0.05, 0.1) is 23.5 Å². The first-order chi connectivity index (χ1) is 9.07. The molecule has 0 fully saturated rings.